The Labute approximate surface area is 358 Å². The summed E-state index contributed by atoms with van der Waals surface area (Å²) in [7, 11) is 6.14. The number of quaternary nitrogens is 1. The van der Waals surface area contributed by atoms with Crippen molar-refractivity contribution in [1.82, 2.24) is 26.2 Å². The molecule has 1 aliphatic rings. The van der Waals surface area contributed by atoms with E-state index in [1.807, 2.05) is 41.9 Å². The lowest BCUT2D eigenvalue weighted by molar-refractivity contribution is -0.870. The second-order valence-electron chi connectivity index (χ2n) is 17.3. The van der Waals surface area contributed by atoms with Gasteiger partial charge in [-0.15, -0.1) is 0 Å². The number of nitrogens with zero attached hydrogens (tertiary/aromatic N) is 6. The number of carboxylic acid groups (broad SMARTS) is 1. The van der Waals surface area contributed by atoms with E-state index >= 15 is 0 Å². The first-order valence-electron chi connectivity index (χ1n) is 21.1. The molecule has 20 heteroatoms. The number of carbonyl (C=O) groups is 6. The molecule has 1 aliphatic heterocycles. The first-order valence-corrected chi connectivity index (χ1v) is 21.1. The third-order valence-corrected chi connectivity index (χ3v) is 10.6. The van der Waals surface area contributed by atoms with E-state index in [2.05, 4.69) is 36.3 Å². The van der Waals surface area contributed by atoms with E-state index in [0.717, 1.165) is 17.4 Å². The number of aliphatic imine (C=N–C) groups is 1. The minimum absolute atomic E-state index is 0.0117. The van der Waals surface area contributed by atoms with Crippen LogP contribution in [0.5, 0.6) is 5.75 Å². The van der Waals surface area contributed by atoms with Gasteiger partial charge in [-0.05, 0) is 86.4 Å². The standard InChI is InChI=1S/C41H68N12O8/c1-8-26(4)34(38(58)48-32(40(60)61)23-25(2)3)49-36(56)31(24-27-16-18-28(54)19-17-27)47-37(57)33-15-12-21-52(33)39(59)30(14-11-20-45-41(42)43)46-35(55)29(50-51-44)13-9-10-22-53(5,6)7/h16-19,25-26,29-34H,8-15,20-24H2,1-7H3,(H9-,42,43,45,46,47,48,49,54,55,56,57,58,60,61)/p+1/t26-,29-,30+,31+,32+,33+,34+/m0/s1. The predicted octanol–water partition coefficient (Wildman–Crippen LogP) is 1.65. The monoisotopic (exact) mass is 858 g/mol. The molecule has 0 spiro atoms. The summed E-state index contributed by atoms with van der Waals surface area (Å²) in [6.45, 7) is 8.40. The van der Waals surface area contributed by atoms with Crippen LogP contribution >= 0.6 is 0 Å². The molecular formula is C41H69N12O8+. The molecule has 0 unspecified atom stereocenters. The molecule has 61 heavy (non-hydrogen) atoms. The largest absolute Gasteiger partial charge is 0.508 e. The predicted molar refractivity (Wildman–Crippen MR) is 230 cm³/mol. The SMILES string of the molecule is CC[C@H](C)[C@@H](NC(=O)[C@@H](Cc1ccc(O)cc1)NC(=O)[C@H]1CCCN1C(=O)[C@@H](CCCN=C(N)N)NC(=O)[C@H](CCCC[N+](C)(C)C)N=[N+]=[N-])C(=O)N[C@H](CC(C)C)C(=O)O. The molecule has 5 amide bonds. The van der Waals surface area contributed by atoms with Crippen LogP contribution < -0.4 is 32.7 Å². The highest BCUT2D eigenvalue weighted by Gasteiger charge is 2.40. The van der Waals surface area contributed by atoms with Crippen LogP contribution in [-0.2, 0) is 35.2 Å². The number of benzene rings is 1. The normalized spacial score (nSPS) is 16.8. The summed E-state index contributed by atoms with van der Waals surface area (Å²) in [6.07, 6.45) is 3.30. The minimum atomic E-state index is -1.27. The van der Waals surface area contributed by atoms with Crippen molar-refractivity contribution < 1.29 is 43.5 Å². The van der Waals surface area contributed by atoms with Crippen molar-refractivity contribution in [3.8, 4) is 5.75 Å². The van der Waals surface area contributed by atoms with Gasteiger partial charge in [0.25, 0.3) is 0 Å². The number of amides is 5. The van der Waals surface area contributed by atoms with Crippen molar-refractivity contribution in [3.63, 3.8) is 0 Å². The van der Waals surface area contributed by atoms with E-state index < -0.39 is 77.7 Å². The summed E-state index contributed by atoms with van der Waals surface area (Å²) >= 11 is 0. The zero-order chi connectivity index (χ0) is 45.9. The van der Waals surface area contributed by atoms with E-state index in [1.54, 1.807) is 19.1 Å². The fraction of sp³-hybridized carbons (Fsp3) is 0.683. The number of azide groups is 1. The molecule has 0 aliphatic carbocycles. The summed E-state index contributed by atoms with van der Waals surface area (Å²) in [5, 5.41) is 34.2. The van der Waals surface area contributed by atoms with Crippen LogP contribution in [0.2, 0.25) is 0 Å². The van der Waals surface area contributed by atoms with Crippen LogP contribution in [0.1, 0.15) is 91.0 Å². The summed E-state index contributed by atoms with van der Waals surface area (Å²) < 4.78 is 0.723. The maximum absolute atomic E-state index is 14.3. The van der Waals surface area contributed by atoms with Gasteiger partial charge in [0.15, 0.2) is 5.96 Å². The van der Waals surface area contributed by atoms with Crippen LogP contribution in [0.15, 0.2) is 34.4 Å². The molecule has 1 fully saturated rings. The lowest BCUT2D eigenvalue weighted by Crippen LogP contribution is -2.60. The molecule has 1 heterocycles. The zero-order valence-corrected chi connectivity index (χ0v) is 36.8. The number of carboxylic acids is 1. The highest BCUT2D eigenvalue weighted by Crippen LogP contribution is 2.22. The molecule has 1 aromatic carbocycles. The average Bonchev–Trinajstić information content (AvgIpc) is 3.68. The van der Waals surface area contributed by atoms with Gasteiger partial charge in [-0.3, -0.25) is 29.0 Å². The van der Waals surface area contributed by atoms with Crippen LogP contribution in [-0.4, -0.2) is 138 Å². The molecule has 0 radical (unpaired) electrons. The van der Waals surface area contributed by atoms with E-state index in [-0.39, 0.29) is 62.8 Å². The van der Waals surface area contributed by atoms with Crippen LogP contribution in [0.3, 0.4) is 0 Å². The van der Waals surface area contributed by atoms with Gasteiger partial charge in [0.05, 0.1) is 27.7 Å². The highest BCUT2D eigenvalue weighted by molar-refractivity contribution is 5.97. The van der Waals surface area contributed by atoms with Crippen molar-refractivity contribution in [1.29, 1.82) is 0 Å². The maximum Gasteiger partial charge on any atom is 0.326 e. The summed E-state index contributed by atoms with van der Waals surface area (Å²) in [5.74, 6) is -5.05. The molecule has 20 nitrogen and oxygen atoms in total. The number of rotatable bonds is 26. The van der Waals surface area contributed by atoms with Gasteiger partial charge in [0.1, 0.15) is 42.0 Å². The zero-order valence-electron chi connectivity index (χ0n) is 36.8. The number of aromatic hydroxyl groups is 1. The maximum atomic E-state index is 14.3. The molecule has 7 atom stereocenters. The quantitative estimate of drug-likeness (QED) is 0.0127. The molecular weight excluding hydrogens is 789 g/mol. The van der Waals surface area contributed by atoms with Gasteiger partial charge in [0.2, 0.25) is 29.5 Å². The number of phenols is 1. The van der Waals surface area contributed by atoms with Gasteiger partial charge in [0, 0.05) is 24.4 Å². The van der Waals surface area contributed by atoms with Crippen LogP contribution in [0, 0.1) is 11.8 Å². The number of nitrogens with two attached hydrogens (primary N) is 2. The first kappa shape index (κ1) is 51.5. The van der Waals surface area contributed by atoms with Gasteiger partial charge in [-0.25, -0.2) is 4.79 Å². The average molecular weight is 858 g/mol. The van der Waals surface area contributed by atoms with Crippen molar-refractivity contribution in [3.05, 3.63) is 40.3 Å². The Morgan fingerprint density at radius 3 is 2.13 bits per heavy atom. The van der Waals surface area contributed by atoms with Crippen molar-refractivity contribution >= 4 is 41.5 Å². The third kappa shape index (κ3) is 18.3. The van der Waals surface area contributed by atoms with E-state index in [1.165, 1.54) is 17.0 Å². The third-order valence-electron chi connectivity index (χ3n) is 10.6. The number of hydrogen-bond acceptors (Lipinski definition) is 9. The second kappa shape index (κ2) is 25.2. The Morgan fingerprint density at radius 2 is 1.56 bits per heavy atom. The number of hydrogen-bond donors (Lipinski definition) is 8. The second-order valence-corrected chi connectivity index (χ2v) is 17.3. The Bertz CT molecular complexity index is 1710. The smallest absolute Gasteiger partial charge is 0.326 e. The van der Waals surface area contributed by atoms with Gasteiger partial charge >= 0.3 is 5.97 Å². The lowest BCUT2D eigenvalue weighted by atomic mass is 9.96. The van der Waals surface area contributed by atoms with Crippen LogP contribution in [0.25, 0.3) is 10.4 Å². The first-order chi connectivity index (χ1) is 28.7. The van der Waals surface area contributed by atoms with Gasteiger partial charge < -0.3 is 52.3 Å². The molecule has 10 N–H and O–H groups in total. The Morgan fingerprint density at radius 1 is 0.902 bits per heavy atom. The fourth-order valence-electron chi connectivity index (χ4n) is 7.01. The number of phenolic OH excluding ortho intramolecular Hbond substituents is 1. The van der Waals surface area contributed by atoms with Crippen LogP contribution in [0.4, 0.5) is 0 Å². The summed E-state index contributed by atoms with van der Waals surface area (Å²) in [4.78, 5) is 89.9. The number of guanidine groups is 1. The number of likely N-dealkylation sites (tertiary alicyclic amines) is 1. The summed E-state index contributed by atoms with van der Waals surface area (Å²) in [6, 6.07) is -0.819. The Balaban J connectivity index is 2.40. The highest BCUT2D eigenvalue weighted by atomic mass is 16.4. The minimum Gasteiger partial charge on any atom is -0.508 e. The molecule has 1 aromatic rings. The van der Waals surface area contributed by atoms with Crippen molar-refractivity contribution in [2.45, 2.75) is 128 Å². The van der Waals surface area contributed by atoms with Crippen molar-refractivity contribution in [2.24, 2.45) is 33.4 Å². The van der Waals surface area contributed by atoms with Gasteiger partial charge in [-0.1, -0.05) is 51.4 Å². The number of unbranched alkanes of at least 4 members (excludes halogenated alkanes) is 1. The topological polar surface area (TPSA) is 307 Å². The number of nitrogens with one attached hydrogen (secondary N) is 4. The van der Waals surface area contributed by atoms with Gasteiger partial charge in [-0.2, -0.15) is 0 Å². The number of aliphatic carboxylic acids is 1. The molecule has 340 valence electrons. The molecule has 0 saturated carbocycles. The molecule has 1 saturated heterocycles. The van der Waals surface area contributed by atoms with E-state index in [0.29, 0.717) is 31.2 Å². The Kier molecular flexibility index (Phi) is 21.3. The Hall–Kier alpha value is -5.62. The molecule has 0 bridgehead atoms. The molecule has 0 aromatic heterocycles. The number of carbonyl (C=O) groups excluding carboxylic acids is 5. The van der Waals surface area contributed by atoms with E-state index in [9.17, 15) is 44.5 Å². The lowest BCUT2D eigenvalue weighted by Gasteiger charge is -2.31. The van der Waals surface area contributed by atoms with E-state index in [4.69, 9.17) is 11.5 Å². The molecule has 2 rings (SSSR count). The van der Waals surface area contributed by atoms with Crippen molar-refractivity contribution in [2.75, 3.05) is 40.8 Å². The fourth-order valence-corrected chi connectivity index (χ4v) is 7.01. The summed E-state index contributed by atoms with van der Waals surface area (Å²) in [5.41, 5.74) is 20.8.